The molecule has 3 aromatic carbocycles. The number of anilines is 1. The van der Waals surface area contributed by atoms with Crippen LogP contribution >= 0.6 is 0 Å². The normalized spacial score (nSPS) is 11.1. The van der Waals surface area contributed by atoms with Gasteiger partial charge in [0, 0.05) is 11.3 Å². The molecule has 1 aromatic heterocycles. The average Bonchev–Trinajstić information content (AvgIpc) is 3.27. The number of rotatable bonds is 6. The van der Waals surface area contributed by atoms with Gasteiger partial charge in [-0.2, -0.15) is 5.26 Å². The van der Waals surface area contributed by atoms with Crippen molar-refractivity contribution in [1.29, 1.82) is 5.26 Å². The molecule has 0 radical (unpaired) electrons. The Labute approximate surface area is 189 Å². The Morgan fingerprint density at radius 2 is 1.85 bits per heavy atom. The van der Waals surface area contributed by atoms with Crippen LogP contribution in [0.4, 0.5) is 5.69 Å². The highest BCUT2D eigenvalue weighted by atomic mass is 16.5. The zero-order valence-corrected chi connectivity index (χ0v) is 17.7. The molecule has 4 rings (SSSR count). The molecule has 33 heavy (non-hydrogen) atoms. The maximum Gasteiger partial charge on any atom is 0.338 e. The number of nitrogens with zero attached hydrogens (tertiary/aromatic N) is 2. The van der Waals surface area contributed by atoms with Crippen molar-refractivity contribution < 1.29 is 18.8 Å². The molecule has 0 saturated heterocycles. The van der Waals surface area contributed by atoms with Crippen molar-refractivity contribution in [2.75, 3.05) is 11.9 Å². The fourth-order valence-electron chi connectivity index (χ4n) is 3.26. The monoisotopic (exact) mass is 437 g/mol. The summed E-state index contributed by atoms with van der Waals surface area (Å²) in [6, 6.07) is 23.1. The SMILES string of the molecule is CCOC(=O)c1ccc(NC(=O)/C(C#N)=C/c2ccc3noc(-c4ccccc4)c3c2)cc1. The molecule has 162 valence electrons. The lowest BCUT2D eigenvalue weighted by Crippen LogP contribution is -2.13. The van der Waals surface area contributed by atoms with E-state index in [4.69, 9.17) is 9.26 Å². The molecule has 0 saturated carbocycles. The molecule has 7 nitrogen and oxygen atoms in total. The predicted molar refractivity (Wildman–Crippen MR) is 124 cm³/mol. The Balaban J connectivity index is 1.56. The molecule has 0 aliphatic heterocycles. The number of hydrogen-bond donors (Lipinski definition) is 1. The van der Waals surface area contributed by atoms with Crippen LogP contribution in [-0.2, 0) is 9.53 Å². The van der Waals surface area contributed by atoms with Crippen molar-refractivity contribution in [2.45, 2.75) is 6.92 Å². The Morgan fingerprint density at radius 1 is 1.09 bits per heavy atom. The van der Waals surface area contributed by atoms with E-state index in [-0.39, 0.29) is 12.2 Å². The van der Waals surface area contributed by atoms with Crippen molar-refractivity contribution in [2.24, 2.45) is 0 Å². The number of esters is 1. The van der Waals surface area contributed by atoms with Gasteiger partial charge in [-0.3, -0.25) is 4.79 Å². The summed E-state index contributed by atoms with van der Waals surface area (Å²) in [5.41, 5.74) is 2.98. The van der Waals surface area contributed by atoms with E-state index in [9.17, 15) is 14.9 Å². The number of hydrogen-bond acceptors (Lipinski definition) is 6. The minimum Gasteiger partial charge on any atom is -0.462 e. The lowest BCUT2D eigenvalue weighted by Gasteiger charge is -2.06. The molecule has 1 heterocycles. The molecule has 0 fully saturated rings. The van der Waals surface area contributed by atoms with Gasteiger partial charge in [-0.25, -0.2) is 4.79 Å². The van der Waals surface area contributed by atoms with Gasteiger partial charge in [0.15, 0.2) is 5.76 Å². The highest BCUT2D eigenvalue weighted by Gasteiger charge is 2.14. The highest BCUT2D eigenvalue weighted by Crippen LogP contribution is 2.29. The number of fused-ring (bicyclic) bond motifs is 1. The van der Waals surface area contributed by atoms with Gasteiger partial charge in [-0.05, 0) is 55.0 Å². The Morgan fingerprint density at radius 3 is 2.55 bits per heavy atom. The molecule has 4 aromatic rings. The third kappa shape index (κ3) is 4.81. The summed E-state index contributed by atoms with van der Waals surface area (Å²) in [4.78, 5) is 24.4. The topological polar surface area (TPSA) is 105 Å². The molecule has 1 amide bonds. The number of carbonyl (C=O) groups excluding carboxylic acids is 2. The van der Waals surface area contributed by atoms with Crippen molar-refractivity contribution in [3.63, 3.8) is 0 Å². The molecular formula is C26H19N3O4. The van der Waals surface area contributed by atoms with Gasteiger partial charge < -0.3 is 14.6 Å². The second-order valence-corrected chi connectivity index (χ2v) is 7.08. The summed E-state index contributed by atoms with van der Waals surface area (Å²) >= 11 is 0. The number of aromatic nitrogens is 1. The van der Waals surface area contributed by atoms with E-state index in [1.807, 2.05) is 42.5 Å². The first-order valence-corrected chi connectivity index (χ1v) is 10.2. The number of nitrogens with one attached hydrogen (secondary N) is 1. The van der Waals surface area contributed by atoms with Crippen molar-refractivity contribution in [1.82, 2.24) is 5.16 Å². The minimum absolute atomic E-state index is 0.0680. The number of benzene rings is 3. The van der Waals surface area contributed by atoms with Crippen LogP contribution in [0.5, 0.6) is 0 Å². The van der Waals surface area contributed by atoms with Crippen molar-refractivity contribution >= 4 is 34.5 Å². The van der Waals surface area contributed by atoms with Crippen LogP contribution in [0.25, 0.3) is 28.3 Å². The maximum absolute atomic E-state index is 12.6. The third-order valence-corrected chi connectivity index (χ3v) is 4.87. The minimum atomic E-state index is -0.560. The van der Waals surface area contributed by atoms with Gasteiger partial charge in [0.25, 0.3) is 5.91 Å². The number of amides is 1. The third-order valence-electron chi connectivity index (χ3n) is 4.87. The molecule has 1 N–H and O–H groups in total. The average molecular weight is 437 g/mol. The molecule has 7 heteroatoms. The zero-order valence-electron chi connectivity index (χ0n) is 17.7. The lowest BCUT2D eigenvalue weighted by molar-refractivity contribution is -0.112. The van der Waals surface area contributed by atoms with E-state index in [0.29, 0.717) is 28.1 Å². The first-order valence-electron chi connectivity index (χ1n) is 10.2. The summed E-state index contributed by atoms with van der Waals surface area (Å²) < 4.78 is 10.5. The molecule has 0 spiro atoms. The molecule has 0 aliphatic carbocycles. The summed E-state index contributed by atoms with van der Waals surface area (Å²) in [5.74, 6) is -0.382. The van der Waals surface area contributed by atoms with Crippen LogP contribution < -0.4 is 5.32 Å². The second kappa shape index (κ2) is 9.62. The Hall–Kier alpha value is -4.70. The lowest BCUT2D eigenvalue weighted by atomic mass is 10.0. The van der Waals surface area contributed by atoms with Crippen molar-refractivity contribution in [3.05, 3.63) is 89.5 Å². The molecular weight excluding hydrogens is 418 g/mol. The van der Waals surface area contributed by atoms with E-state index in [1.54, 1.807) is 43.3 Å². The van der Waals surface area contributed by atoms with E-state index in [0.717, 1.165) is 10.9 Å². The van der Waals surface area contributed by atoms with Gasteiger partial charge in [-0.15, -0.1) is 0 Å². The van der Waals surface area contributed by atoms with Crippen LogP contribution in [0.2, 0.25) is 0 Å². The second-order valence-electron chi connectivity index (χ2n) is 7.08. The molecule has 0 atom stereocenters. The van der Waals surface area contributed by atoms with E-state index in [2.05, 4.69) is 10.5 Å². The first-order chi connectivity index (χ1) is 16.1. The van der Waals surface area contributed by atoms with E-state index in [1.165, 1.54) is 6.08 Å². The molecule has 0 unspecified atom stereocenters. The Bertz CT molecular complexity index is 1380. The predicted octanol–water partition coefficient (Wildman–Crippen LogP) is 5.22. The molecule has 0 bridgehead atoms. The van der Waals surface area contributed by atoms with Gasteiger partial charge in [0.2, 0.25) is 0 Å². The van der Waals surface area contributed by atoms with Gasteiger partial charge >= 0.3 is 5.97 Å². The largest absolute Gasteiger partial charge is 0.462 e. The van der Waals surface area contributed by atoms with Crippen LogP contribution in [0.1, 0.15) is 22.8 Å². The van der Waals surface area contributed by atoms with Crippen LogP contribution in [0.15, 0.2) is 82.9 Å². The zero-order chi connectivity index (χ0) is 23.2. The van der Waals surface area contributed by atoms with Gasteiger partial charge in [0.1, 0.15) is 17.2 Å². The standard InChI is InChI=1S/C26H19N3O4/c1-2-32-26(31)19-9-11-21(12-10-19)28-25(30)20(16-27)14-17-8-13-23-22(15-17)24(33-29-23)18-6-4-3-5-7-18/h3-15H,2H2,1H3,(H,28,30)/b20-14+. The number of ether oxygens (including phenoxy) is 1. The first kappa shape index (κ1) is 21.5. The summed E-state index contributed by atoms with van der Waals surface area (Å²) in [7, 11) is 0. The maximum atomic E-state index is 12.6. The summed E-state index contributed by atoms with van der Waals surface area (Å²) in [6.07, 6.45) is 1.50. The van der Waals surface area contributed by atoms with Crippen LogP contribution in [-0.4, -0.2) is 23.6 Å². The van der Waals surface area contributed by atoms with Crippen LogP contribution in [0.3, 0.4) is 0 Å². The fourth-order valence-corrected chi connectivity index (χ4v) is 3.26. The molecule has 0 aliphatic rings. The van der Waals surface area contributed by atoms with E-state index < -0.39 is 11.9 Å². The van der Waals surface area contributed by atoms with Crippen LogP contribution in [0, 0.1) is 11.3 Å². The Kier molecular flexibility index (Phi) is 6.28. The quantitative estimate of drug-likeness (QED) is 0.252. The number of carbonyl (C=O) groups is 2. The van der Waals surface area contributed by atoms with Gasteiger partial charge in [0.05, 0.1) is 17.6 Å². The van der Waals surface area contributed by atoms with E-state index >= 15 is 0 Å². The van der Waals surface area contributed by atoms with Gasteiger partial charge in [-0.1, -0.05) is 41.6 Å². The van der Waals surface area contributed by atoms with Crippen molar-refractivity contribution in [3.8, 4) is 17.4 Å². The smallest absolute Gasteiger partial charge is 0.338 e. The summed E-state index contributed by atoms with van der Waals surface area (Å²) in [5, 5.41) is 17.1. The highest BCUT2D eigenvalue weighted by molar-refractivity contribution is 6.10. The number of nitriles is 1. The summed E-state index contributed by atoms with van der Waals surface area (Å²) in [6.45, 7) is 2.01. The fraction of sp³-hybridized carbons (Fsp3) is 0.0769.